The van der Waals surface area contributed by atoms with Crippen molar-refractivity contribution < 1.29 is 14.7 Å². The number of carboxylic acid groups (broad SMARTS) is 1. The molecule has 3 N–H and O–H groups in total. The zero-order chi connectivity index (χ0) is 15.2. The van der Waals surface area contributed by atoms with Gasteiger partial charge in [-0.15, -0.1) is 5.10 Å². The molecule has 0 aromatic carbocycles. The van der Waals surface area contributed by atoms with E-state index in [0.29, 0.717) is 18.8 Å². The minimum absolute atomic E-state index is 0.0965. The van der Waals surface area contributed by atoms with E-state index in [2.05, 4.69) is 25.9 Å². The molecule has 2 rings (SSSR count). The molecule has 2 heterocycles. The number of hydrogen-bond donors (Lipinski definition) is 3. The van der Waals surface area contributed by atoms with Crippen molar-refractivity contribution in [3.63, 3.8) is 0 Å². The molecule has 0 saturated carbocycles. The number of aromatic carboxylic acids is 1. The van der Waals surface area contributed by atoms with Crippen LogP contribution in [0.25, 0.3) is 0 Å². The Morgan fingerprint density at radius 3 is 2.86 bits per heavy atom. The zero-order valence-corrected chi connectivity index (χ0v) is 11.3. The normalized spacial score (nSPS) is 10.1. The van der Waals surface area contributed by atoms with Crippen molar-refractivity contribution in [2.24, 2.45) is 0 Å². The molecule has 21 heavy (non-hydrogen) atoms. The molecule has 0 atom stereocenters. The van der Waals surface area contributed by atoms with Gasteiger partial charge in [-0.3, -0.25) is 9.78 Å². The van der Waals surface area contributed by atoms with Crippen LogP contribution in [-0.4, -0.2) is 50.6 Å². The molecule has 9 nitrogen and oxygen atoms in total. The lowest BCUT2D eigenvalue weighted by Crippen LogP contribution is -2.19. The van der Waals surface area contributed by atoms with E-state index in [1.165, 1.54) is 24.1 Å². The van der Waals surface area contributed by atoms with Crippen molar-refractivity contribution in [1.82, 2.24) is 25.3 Å². The van der Waals surface area contributed by atoms with E-state index in [0.717, 1.165) is 5.69 Å². The summed E-state index contributed by atoms with van der Waals surface area (Å²) in [6.45, 7) is 0.942. The van der Waals surface area contributed by atoms with E-state index >= 15 is 0 Å². The van der Waals surface area contributed by atoms with Crippen LogP contribution in [0.2, 0.25) is 0 Å². The van der Waals surface area contributed by atoms with Crippen LogP contribution in [0.3, 0.4) is 0 Å². The Morgan fingerprint density at radius 1 is 1.38 bits per heavy atom. The van der Waals surface area contributed by atoms with E-state index in [1.54, 1.807) is 12.1 Å². The van der Waals surface area contributed by atoms with E-state index < -0.39 is 5.97 Å². The van der Waals surface area contributed by atoms with Crippen LogP contribution in [0.1, 0.15) is 21.0 Å². The molecule has 0 aliphatic heterocycles. The third kappa shape index (κ3) is 3.75. The second kappa shape index (κ2) is 6.46. The van der Waals surface area contributed by atoms with Gasteiger partial charge in [-0.25, -0.2) is 9.48 Å². The van der Waals surface area contributed by atoms with E-state index in [9.17, 15) is 9.59 Å². The van der Waals surface area contributed by atoms with Gasteiger partial charge in [0.2, 0.25) is 0 Å². The second-order valence-corrected chi connectivity index (χ2v) is 4.11. The smallest absolute Gasteiger partial charge is 0.358 e. The van der Waals surface area contributed by atoms with Crippen molar-refractivity contribution in [1.29, 1.82) is 0 Å². The van der Waals surface area contributed by atoms with E-state index in [-0.39, 0.29) is 11.6 Å². The highest BCUT2D eigenvalue weighted by molar-refractivity contribution is 5.92. The first-order chi connectivity index (χ1) is 10.1. The quantitative estimate of drug-likeness (QED) is 0.675. The zero-order valence-electron chi connectivity index (χ0n) is 11.3. The molecule has 110 valence electrons. The number of rotatable bonds is 6. The molecule has 0 aliphatic carbocycles. The van der Waals surface area contributed by atoms with Crippen molar-refractivity contribution in [2.45, 2.75) is 6.54 Å². The summed E-state index contributed by atoms with van der Waals surface area (Å²) in [7, 11) is 1.54. The summed E-state index contributed by atoms with van der Waals surface area (Å²) >= 11 is 0. The maximum Gasteiger partial charge on any atom is 0.358 e. The maximum absolute atomic E-state index is 11.4. The molecule has 2 aromatic heterocycles. The number of amides is 1. The van der Waals surface area contributed by atoms with E-state index in [1.807, 2.05) is 0 Å². The van der Waals surface area contributed by atoms with Crippen molar-refractivity contribution in [3.05, 3.63) is 35.9 Å². The number of hydrogen-bond acceptors (Lipinski definition) is 6. The number of pyridine rings is 1. The highest BCUT2D eigenvalue weighted by Crippen LogP contribution is 2.07. The van der Waals surface area contributed by atoms with Gasteiger partial charge in [0.1, 0.15) is 5.69 Å². The summed E-state index contributed by atoms with van der Waals surface area (Å²) in [5, 5.41) is 21.5. The summed E-state index contributed by atoms with van der Waals surface area (Å²) < 4.78 is 1.43. The minimum Gasteiger partial charge on any atom is -0.476 e. The average Bonchev–Trinajstić information content (AvgIpc) is 2.96. The van der Waals surface area contributed by atoms with Gasteiger partial charge < -0.3 is 15.7 Å². The van der Waals surface area contributed by atoms with Gasteiger partial charge in [-0.2, -0.15) is 0 Å². The van der Waals surface area contributed by atoms with Gasteiger partial charge in [0, 0.05) is 25.5 Å². The molecule has 0 radical (unpaired) electrons. The summed E-state index contributed by atoms with van der Waals surface area (Å²) in [5.41, 5.74) is 0.958. The van der Waals surface area contributed by atoms with Crippen molar-refractivity contribution >= 4 is 17.6 Å². The predicted octanol–water partition coefficient (Wildman–Crippen LogP) is -0.157. The highest BCUT2D eigenvalue weighted by atomic mass is 16.4. The fraction of sp³-hybridized carbons (Fsp3) is 0.250. The molecule has 2 aromatic rings. The molecule has 0 aliphatic rings. The van der Waals surface area contributed by atoms with Crippen LogP contribution < -0.4 is 10.6 Å². The summed E-state index contributed by atoms with van der Waals surface area (Å²) in [6.07, 6.45) is 2.89. The van der Waals surface area contributed by atoms with Gasteiger partial charge in [-0.05, 0) is 12.1 Å². The van der Waals surface area contributed by atoms with Crippen LogP contribution >= 0.6 is 0 Å². The minimum atomic E-state index is -1.11. The molecule has 9 heteroatoms. The first-order valence-corrected chi connectivity index (χ1v) is 6.15. The molecule has 1 amide bonds. The maximum atomic E-state index is 11.4. The van der Waals surface area contributed by atoms with Crippen molar-refractivity contribution in [2.75, 3.05) is 18.9 Å². The van der Waals surface area contributed by atoms with Gasteiger partial charge in [0.05, 0.1) is 12.7 Å². The Kier molecular flexibility index (Phi) is 4.44. The molecule has 0 bridgehead atoms. The second-order valence-electron chi connectivity index (χ2n) is 4.11. The number of carbonyl (C=O) groups is 2. The fourth-order valence-corrected chi connectivity index (χ4v) is 1.61. The van der Waals surface area contributed by atoms with Crippen LogP contribution in [0.15, 0.2) is 24.5 Å². The van der Waals surface area contributed by atoms with Gasteiger partial charge in [0.15, 0.2) is 5.69 Å². The Morgan fingerprint density at radius 2 is 2.19 bits per heavy atom. The van der Waals surface area contributed by atoms with Crippen LogP contribution in [0, 0.1) is 0 Å². The monoisotopic (exact) mass is 290 g/mol. The SMILES string of the molecule is CNC(=O)c1cc(NCCn2cc(C(=O)O)nn2)ccn1. The molecule has 0 spiro atoms. The lowest BCUT2D eigenvalue weighted by Gasteiger charge is -2.07. The van der Waals surface area contributed by atoms with Gasteiger partial charge in [0.25, 0.3) is 5.91 Å². The van der Waals surface area contributed by atoms with E-state index in [4.69, 9.17) is 5.11 Å². The third-order valence-corrected chi connectivity index (χ3v) is 2.65. The molecule has 0 fully saturated rings. The summed E-state index contributed by atoms with van der Waals surface area (Å²) in [6, 6.07) is 3.36. The Bertz CT molecular complexity index is 654. The van der Waals surface area contributed by atoms with Crippen LogP contribution in [-0.2, 0) is 6.54 Å². The lowest BCUT2D eigenvalue weighted by molar-refractivity contribution is 0.0690. The average molecular weight is 290 g/mol. The largest absolute Gasteiger partial charge is 0.476 e. The number of carbonyl (C=O) groups excluding carboxylic acids is 1. The number of nitrogens with zero attached hydrogens (tertiary/aromatic N) is 4. The van der Waals surface area contributed by atoms with Crippen LogP contribution in [0.5, 0.6) is 0 Å². The topological polar surface area (TPSA) is 122 Å². The third-order valence-electron chi connectivity index (χ3n) is 2.65. The number of carboxylic acids is 1. The Labute approximate surface area is 120 Å². The highest BCUT2D eigenvalue weighted by Gasteiger charge is 2.08. The Balaban J connectivity index is 1.91. The summed E-state index contributed by atoms with van der Waals surface area (Å²) in [4.78, 5) is 26.1. The first-order valence-electron chi connectivity index (χ1n) is 6.15. The Hall–Kier alpha value is -2.97. The number of aromatic nitrogens is 4. The van der Waals surface area contributed by atoms with Crippen LogP contribution in [0.4, 0.5) is 5.69 Å². The predicted molar refractivity (Wildman–Crippen MR) is 73.1 cm³/mol. The molecule has 0 saturated heterocycles. The standard InChI is InChI=1S/C12H14N6O3/c1-13-11(19)9-6-8(2-3-15-9)14-4-5-18-7-10(12(20)21)16-17-18/h2-3,6-7H,4-5H2,1H3,(H,13,19)(H,14,15)(H,20,21). The van der Waals surface area contributed by atoms with Gasteiger partial charge in [-0.1, -0.05) is 5.21 Å². The summed E-state index contributed by atoms with van der Waals surface area (Å²) in [5.74, 6) is -1.38. The molecular weight excluding hydrogens is 276 g/mol. The van der Waals surface area contributed by atoms with Crippen molar-refractivity contribution in [3.8, 4) is 0 Å². The fourth-order valence-electron chi connectivity index (χ4n) is 1.61. The number of anilines is 1. The number of nitrogens with one attached hydrogen (secondary N) is 2. The molecule has 0 unspecified atom stereocenters. The molecular formula is C12H14N6O3. The lowest BCUT2D eigenvalue weighted by atomic mass is 10.3. The van der Waals surface area contributed by atoms with Gasteiger partial charge >= 0.3 is 5.97 Å². The first kappa shape index (κ1) is 14.4.